The van der Waals surface area contributed by atoms with Crippen LogP contribution in [-0.4, -0.2) is 24.7 Å². The van der Waals surface area contributed by atoms with Gasteiger partial charge in [0.2, 0.25) is 0 Å². The molecule has 0 aromatic heterocycles. The summed E-state index contributed by atoms with van der Waals surface area (Å²) in [6, 6.07) is 8.23. The van der Waals surface area contributed by atoms with Crippen LogP contribution in [0.4, 0.5) is 5.69 Å². The molecule has 2 rings (SSSR count). The summed E-state index contributed by atoms with van der Waals surface area (Å²) in [4.78, 5) is 0. The molecule has 0 amide bonds. The van der Waals surface area contributed by atoms with Gasteiger partial charge in [-0.05, 0) is 55.0 Å². The number of ether oxygens (including phenoxy) is 1. The van der Waals surface area contributed by atoms with E-state index in [1.54, 1.807) is 0 Å². The number of thioether (sulfide) groups is 1. The van der Waals surface area contributed by atoms with E-state index in [0.29, 0.717) is 0 Å². The molecule has 1 aliphatic heterocycles. The van der Waals surface area contributed by atoms with Gasteiger partial charge in [-0.2, -0.15) is 11.8 Å². The summed E-state index contributed by atoms with van der Waals surface area (Å²) in [5.41, 5.74) is 1.19. The van der Waals surface area contributed by atoms with Crippen LogP contribution < -0.4 is 10.1 Å². The molecular formula is C13H19NOS. The normalized spacial score (nSPS) is 19.7. The Bertz CT molecular complexity index is 306. The molecule has 0 saturated carbocycles. The van der Waals surface area contributed by atoms with Crippen LogP contribution in [0.3, 0.4) is 0 Å². The number of benzene rings is 1. The summed E-state index contributed by atoms with van der Waals surface area (Å²) in [5.74, 6) is 4.43. The third kappa shape index (κ3) is 3.34. The third-order valence-electron chi connectivity index (χ3n) is 2.78. The molecule has 3 heteroatoms. The Hall–Kier alpha value is -0.830. The van der Waals surface area contributed by atoms with Crippen molar-refractivity contribution in [3.8, 4) is 5.75 Å². The van der Waals surface area contributed by atoms with Crippen LogP contribution >= 0.6 is 11.8 Å². The van der Waals surface area contributed by atoms with Crippen LogP contribution in [0.15, 0.2) is 24.3 Å². The van der Waals surface area contributed by atoms with Crippen molar-refractivity contribution in [3.63, 3.8) is 0 Å². The molecule has 0 radical (unpaired) electrons. The molecule has 1 saturated heterocycles. The Labute approximate surface area is 102 Å². The maximum absolute atomic E-state index is 5.41. The summed E-state index contributed by atoms with van der Waals surface area (Å²) in [6.07, 6.45) is 1.36. The topological polar surface area (TPSA) is 21.3 Å². The van der Waals surface area contributed by atoms with Gasteiger partial charge in [-0.25, -0.2) is 0 Å². The third-order valence-corrected chi connectivity index (χ3v) is 4.02. The highest BCUT2D eigenvalue weighted by molar-refractivity contribution is 7.99. The zero-order chi connectivity index (χ0) is 11.2. The van der Waals surface area contributed by atoms with E-state index in [2.05, 4.69) is 29.2 Å². The largest absolute Gasteiger partial charge is 0.494 e. The lowest BCUT2D eigenvalue weighted by atomic mass is 10.1. The Morgan fingerprint density at radius 3 is 2.81 bits per heavy atom. The molecule has 1 heterocycles. The molecule has 88 valence electrons. The van der Waals surface area contributed by atoms with Gasteiger partial charge < -0.3 is 10.1 Å². The van der Waals surface area contributed by atoms with Crippen LogP contribution in [0.1, 0.15) is 13.3 Å². The second kappa shape index (κ2) is 6.04. The molecule has 1 N–H and O–H groups in total. The van der Waals surface area contributed by atoms with Crippen molar-refractivity contribution in [1.82, 2.24) is 0 Å². The van der Waals surface area contributed by atoms with Gasteiger partial charge in [0.25, 0.3) is 0 Å². The fourth-order valence-corrected chi connectivity index (χ4v) is 3.13. The molecule has 0 spiro atoms. The van der Waals surface area contributed by atoms with Gasteiger partial charge in [-0.3, -0.25) is 0 Å². The molecule has 0 bridgehead atoms. The van der Waals surface area contributed by atoms with Gasteiger partial charge in [-0.1, -0.05) is 0 Å². The Morgan fingerprint density at radius 1 is 1.38 bits per heavy atom. The highest BCUT2D eigenvalue weighted by Crippen LogP contribution is 2.24. The summed E-state index contributed by atoms with van der Waals surface area (Å²) in [6.45, 7) is 3.83. The van der Waals surface area contributed by atoms with Crippen molar-refractivity contribution in [3.05, 3.63) is 24.3 Å². The summed E-state index contributed by atoms with van der Waals surface area (Å²) >= 11 is 2.07. The molecule has 1 unspecified atom stereocenters. The van der Waals surface area contributed by atoms with E-state index < -0.39 is 0 Å². The number of hydrogen-bond donors (Lipinski definition) is 1. The fraction of sp³-hybridized carbons (Fsp3) is 0.538. The van der Waals surface area contributed by atoms with Crippen molar-refractivity contribution in [1.29, 1.82) is 0 Å². The Morgan fingerprint density at radius 2 is 2.19 bits per heavy atom. The minimum Gasteiger partial charge on any atom is -0.494 e. The first kappa shape index (κ1) is 11.6. The minimum absolute atomic E-state index is 0.728. The maximum atomic E-state index is 5.41. The molecule has 1 fully saturated rings. The number of nitrogens with one attached hydrogen (secondary N) is 1. The van der Waals surface area contributed by atoms with Gasteiger partial charge in [0, 0.05) is 12.2 Å². The van der Waals surface area contributed by atoms with Gasteiger partial charge in [0.15, 0.2) is 0 Å². The molecule has 2 nitrogen and oxygen atoms in total. The van der Waals surface area contributed by atoms with Gasteiger partial charge in [0.1, 0.15) is 5.75 Å². The van der Waals surface area contributed by atoms with Gasteiger partial charge in [0.05, 0.1) is 6.61 Å². The van der Waals surface area contributed by atoms with E-state index in [9.17, 15) is 0 Å². The number of anilines is 1. The maximum Gasteiger partial charge on any atom is 0.119 e. The lowest BCUT2D eigenvalue weighted by Crippen LogP contribution is -2.13. The van der Waals surface area contributed by atoms with Crippen molar-refractivity contribution in [2.75, 3.05) is 30.0 Å². The Kier molecular flexibility index (Phi) is 4.40. The van der Waals surface area contributed by atoms with E-state index in [1.807, 2.05) is 19.1 Å². The standard InChI is InChI=1S/C13H19NOS/c1-2-15-13-5-3-12(4-6-13)14-9-11-7-8-16-10-11/h3-6,11,14H,2,7-10H2,1H3. The van der Waals surface area contributed by atoms with Crippen LogP contribution in [0, 0.1) is 5.92 Å². The zero-order valence-electron chi connectivity index (χ0n) is 9.74. The minimum atomic E-state index is 0.728. The molecule has 16 heavy (non-hydrogen) atoms. The van der Waals surface area contributed by atoms with E-state index in [4.69, 9.17) is 4.74 Å². The summed E-state index contributed by atoms with van der Waals surface area (Å²) in [7, 11) is 0. The first-order chi connectivity index (χ1) is 7.88. The van der Waals surface area contributed by atoms with Gasteiger partial charge in [-0.15, -0.1) is 0 Å². The molecule has 1 aromatic carbocycles. The van der Waals surface area contributed by atoms with Gasteiger partial charge >= 0.3 is 0 Å². The molecule has 1 aromatic rings. The van der Waals surface area contributed by atoms with Crippen molar-refractivity contribution in [2.45, 2.75) is 13.3 Å². The smallest absolute Gasteiger partial charge is 0.119 e. The van der Waals surface area contributed by atoms with Crippen LogP contribution in [0.25, 0.3) is 0 Å². The monoisotopic (exact) mass is 237 g/mol. The SMILES string of the molecule is CCOc1ccc(NCC2CCSC2)cc1. The molecule has 0 aliphatic carbocycles. The second-order valence-corrected chi connectivity index (χ2v) is 5.22. The summed E-state index contributed by atoms with van der Waals surface area (Å²) < 4.78 is 5.41. The van der Waals surface area contributed by atoms with E-state index >= 15 is 0 Å². The lowest BCUT2D eigenvalue weighted by molar-refractivity contribution is 0.340. The van der Waals surface area contributed by atoms with E-state index in [-0.39, 0.29) is 0 Å². The van der Waals surface area contributed by atoms with Crippen LogP contribution in [-0.2, 0) is 0 Å². The predicted octanol–water partition coefficient (Wildman–Crippen LogP) is 3.25. The van der Waals surface area contributed by atoms with Crippen LogP contribution in [0.5, 0.6) is 5.75 Å². The highest BCUT2D eigenvalue weighted by atomic mass is 32.2. The molecule has 1 aliphatic rings. The predicted molar refractivity (Wildman–Crippen MR) is 71.5 cm³/mol. The van der Waals surface area contributed by atoms with Crippen molar-refractivity contribution in [2.24, 2.45) is 5.92 Å². The quantitative estimate of drug-likeness (QED) is 0.849. The number of rotatable bonds is 5. The average Bonchev–Trinajstić information content (AvgIpc) is 2.82. The average molecular weight is 237 g/mol. The highest BCUT2D eigenvalue weighted by Gasteiger charge is 2.14. The molecular weight excluding hydrogens is 218 g/mol. The van der Waals surface area contributed by atoms with Crippen molar-refractivity contribution >= 4 is 17.4 Å². The zero-order valence-corrected chi connectivity index (χ0v) is 10.6. The Balaban J connectivity index is 1.80. The van der Waals surface area contributed by atoms with E-state index in [0.717, 1.165) is 24.8 Å². The molecule has 1 atom stereocenters. The number of hydrogen-bond acceptors (Lipinski definition) is 3. The van der Waals surface area contributed by atoms with Crippen LogP contribution in [0.2, 0.25) is 0 Å². The summed E-state index contributed by atoms with van der Waals surface area (Å²) in [5, 5.41) is 3.49. The lowest BCUT2D eigenvalue weighted by Gasteiger charge is -2.11. The van der Waals surface area contributed by atoms with Crippen molar-refractivity contribution < 1.29 is 4.74 Å². The fourth-order valence-electron chi connectivity index (χ4n) is 1.84. The second-order valence-electron chi connectivity index (χ2n) is 4.07. The first-order valence-corrected chi connectivity index (χ1v) is 7.08. The first-order valence-electron chi connectivity index (χ1n) is 5.93. The van der Waals surface area contributed by atoms with E-state index in [1.165, 1.54) is 23.6 Å².